The van der Waals surface area contributed by atoms with E-state index in [9.17, 15) is 0 Å². The highest BCUT2D eigenvalue weighted by Crippen LogP contribution is 2.38. The summed E-state index contributed by atoms with van der Waals surface area (Å²) in [6.45, 7) is 12.1. The highest BCUT2D eigenvalue weighted by Gasteiger charge is 2.39. The Morgan fingerprint density at radius 1 is 1.00 bits per heavy atom. The number of ether oxygens (including phenoxy) is 1. The van der Waals surface area contributed by atoms with Crippen molar-refractivity contribution < 1.29 is 9.16 Å². The van der Waals surface area contributed by atoms with Crippen molar-refractivity contribution >= 4 is 8.32 Å². The Kier molecular flexibility index (Phi) is 4.58. The molecule has 0 fully saturated rings. The molecule has 24 heavy (non-hydrogen) atoms. The standard InChI is InChI=1S/C21H28O2Si/c1-21(2,3)24(4,5)23-18-12-10-17(11-13-18)20-19-9-7-6-8-16(19)14-15-22-20/h6-13,20H,14-15H2,1-5H3/t20-/m1/s1. The maximum atomic E-state index is 6.38. The first-order chi connectivity index (χ1) is 11.3. The molecule has 3 heteroatoms. The SMILES string of the molecule is CC(C)(C)[Si](C)(C)Oc1ccc([C@H]2OCCc3ccccc32)cc1. The van der Waals surface area contributed by atoms with Crippen molar-refractivity contribution in [2.45, 2.75) is 51.4 Å². The maximum absolute atomic E-state index is 6.38. The Morgan fingerprint density at radius 3 is 2.33 bits per heavy atom. The molecule has 0 saturated carbocycles. The monoisotopic (exact) mass is 340 g/mol. The lowest BCUT2D eigenvalue weighted by Gasteiger charge is -2.36. The predicted molar refractivity (Wildman–Crippen MR) is 102 cm³/mol. The maximum Gasteiger partial charge on any atom is 0.250 e. The molecule has 1 atom stereocenters. The van der Waals surface area contributed by atoms with E-state index in [4.69, 9.17) is 9.16 Å². The van der Waals surface area contributed by atoms with Crippen LogP contribution < -0.4 is 4.43 Å². The van der Waals surface area contributed by atoms with Crippen molar-refractivity contribution in [3.63, 3.8) is 0 Å². The van der Waals surface area contributed by atoms with Crippen molar-refractivity contribution in [3.8, 4) is 5.75 Å². The second kappa shape index (κ2) is 6.38. The summed E-state index contributed by atoms with van der Waals surface area (Å²) in [4.78, 5) is 0. The van der Waals surface area contributed by atoms with Crippen LogP contribution in [0, 0.1) is 0 Å². The van der Waals surface area contributed by atoms with Gasteiger partial charge in [0.2, 0.25) is 8.32 Å². The van der Waals surface area contributed by atoms with Gasteiger partial charge in [-0.2, -0.15) is 0 Å². The topological polar surface area (TPSA) is 18.5 Å². The Balaban J connectivity index is 1.81. The summed E-state index contributed by atoms with van der Waals surface area (Å²) in [7, 11) is -1.79. The zero-order chi connectivity index (χ0) is 17.4. The molecule has 0 N–H and O–H groups in total. The molecule has 1 aliphatic heterocycles. The smallest absolute Gasteiger partial charge is 0.250 e. The lowest BCUT2D eigenvalue weighted by Crippen LogP contribution is -2.43. The second-order valence-corrected chi connectivity index (χ2v) is 12.9. The van der Waals surface area contributed by atoms with Gasteiger partial charge in [0, 0.05) is 0 Å². The molecule has 0 unspecified atom stereocenters. The molecular formula is C21H28O2Si. The van der Waals surface area contributed by atoms with Gasteiger partial charge in [0.1, 0.15) is 11.9 Å². The van der Waals surface area contributed by atoms with Crippen LogP contribution in [0.1, 0.15) is 43.6 Å². The molecule has 1 heterocycles. The van der Waals surface area contributed by atoms with Crippen LogP contribution in [0.4, 0.5) is 0 Å². The van der Waals surface area contributed by atoms with Crippen LogP contribution in [0.2, 0.25) is 18.1 Å². The number of fused-ring (bicyclic) bond motifs is 1. The summed E-state index contributed by atoms with van der Waals surface area (Å²) in [5.41, 5.74) is 3.89. The molecule has 0 aromatic heterocycles. The van der Waals surface area contributed by atoms with E-state index in [0.29, 0.717) is 0 Å². The van der Waals surface area contributed by atoms with E-state index >= 15 is 0 Å². The van der Waals surface area contributed by atoms with Crippen molar-refractivity contribution in [2.24, 2.45) is 0 Å². The summed E-state index contributed by atoms with van der Waals surface area (Å²) in [5.74, 6) is 0.967. The predicted octanol–water partition coefficient (Wildman–Crippen LogP) is 5.73. The number of hydrogen-bond donors (Lipinski definition) is 0. The number of benzene rings is 2. The van der Waals surface area contributed by atoms with Gasteiger partial charge in [-0.25, -0.2) is 0 Å². The first-order valence-electron chi connectivity index (χ1n) is 8.76. The zero-order valence-corrected chi connectivity index (χ0v) is 16.4. The average molecular weight is 341 g/mol. The Morgan fingerprint density at radius 2 is 1.67 bits per heavy atom. The van der Waals surface area contributed by atoms with Crippen molar-refractivity contribution in [3.05, 3.63) is 65.2 Å². The van der Waals surface area contributed by atoms with Crippen molar-refractivity contribution in [1.29, 1.82) is 0 Å². The van der Waals surface area contributed by atoms with Gasteiger partial charge >= 0.3 is 0 Å². The first kappa shape index (κ1) is 17.2. The summed E-state index contributed by atoms with van der Waals surface area (Å²) in [6.07, 6.45) is 1.04. The molecule has 0 radical (unpaired) electrons. The van der Waals surface area contributed by atoms with E-state index < -0.39 is 8.32 Å². The molecule has 0 spiro atoms. The van der Waals surface area contributed by atoms with Crippen LogP contribution in [0.5, 0.6) is 5.75 Å². The minimum Gasteiger partial charge on any atom is -0.544 e. The van der Waals surface area contributed by atoms with Gasteiger partial charge < -0.3 is 9.16 Å². The third-order valence-corrected chi connectivity index (χ3v) is 9.71. The summed E-state index contributed by atoms with van der Waals surface area (Å²) in [5, 5.41) is 0.205. The van der Waals surface area contributed by atoms with Crippen LogP contribution in [0.15, 0.2) is 48.5 Å². The summed E-state index contributed by atoms with van der Waals surface area (Å²) < 4.78 is 12.4. The van der Waals surface area contributed by atoms with E-state index in [-0.39, 0.29) is 11.1 Å². The Labute approximate surface area is 146 Å². The van der Waals surface area contributed by atoms with E-state index in [1.54, 1.807) is 0 Å². The molecule has 0 bridgehead atoms. The van der Waals surface area contributed by atoms with E-state index in [1.165, 1.54) is 16.7 Å². The molecule has 2 aromatic rings. The zero-order valence-electron chi connectivity index (χ0n) is 15.4. The molecule has 0 saturated heterocycles. The van der Waals surface area contributed by atoms with Crippen LogP contribution in [0.25, 0.3) is 0 Å². The minimum absolute atomic E-state index is 0.0388. The lowest BCUT2D eigenvalue weighted by molar-refractivity contribution is 0.0698. The normalized spacial score (nSPS) is 18.1. The molecule has 3 rings (SSSR count). The van der Waals surface area contributed by atoms with Gasteiger partial charge in [-0.3, -0.25) is 0 Å². The second-order valence-electron chi connectivity index (χ2n) is 8.13. The highest BCUT2D eigenvalue weighted by molar-refractivity contribution is 6.74. The van der Waals surface area contributed by atoms with Crippen molar-refractivity contribution in [1.82, 2.24) is 0 Å². The van der Waals surface area contributed by atoms with Gasteiger partial charge in [-0.1, -0.05) is 57.2 Å². The molecule has 2 nitrogen and oxygen atoms in total. The lowest BCUT2D eigenvalue weighted by atomic mass is 9.93. The van der Waals surface area contributed by atoms with Gasteiger partial charge in [0.05, 0.1) is 6.61 Å². The quantitative estimate of drug-likeness (QED) is 0.664. The molecule has 2 aromatic carbocycles. The van der Waals surface area contributed by atoms with E-state index in [2.05, 4.69) is 82.4 Å². The molecule has 1 aliphatic rings. The van der Waals surface area contributed by atoms with Crippen LogP contribution in [-0.4, -0.2) is 14.9 Å². The first-order valence-corrected chi connectivity index (χ1v) is 11.7. The van der Waals surface area contributed by atoms with Crippen LogP contribution in [0.3, 0.4) is 0 Å². The van der Waals surface area contributed by atoms with Gasteiger partial charge in [0.15, 0.2) is 0 Å². The third kappa shape index (κ3) is 3.42. The molecule has 0 amide bonds. The average Bonchev–Trinajstić information content (AvgIpc) is 2.54. The molecular weight excluding hydrogens is 312 g/mol. The third-order valence-electron chi connectivity index (χ3n) is 5.36. The van der Waals surface area contributed by atoms with E-state index in [0.717, 1.165) is 18.8 Å². The fourth-order valence-electron chi connectivity index (χ4n) is 2.83. The Hall–Kier alpha value is -1.58. The fourth-order valence-corrected chi connectivity index (χ4v) is 3.86. The molecule has 0 aliphatic carbocycles. The number of hydrogen-bond acceptors (Lipinski definition) is 2. The minimum atomic E-state index is -1.79. The summed E-state index contributed by atoms with van der Waals surface area (Å²) in [6, 6.07) is 17.1. The van der Waals surface area contributed by atoms with Crippen LogP contribution >= 0.6 is 0 Å². The van der Waals surface area contributed by atoms with Gasteiger partial charge in [-0.05, 0) is 53.4 Å². The fraction of sp³-hybridized carbons (Fsp3) is 0.429. The molecule has 128 valence electrons. The number of rotatable bonds is 3. The van der Waals surface area contributed by atoms with E-state index in [1.807, 2.05) is 0 Å². The van der Waals surface area contributed by atoms with Crippen LogP contribution in [-0.2, 0) is 11.2 Å². The largest absolute Gasteiger partial charge is 0.544 e. The summed E-state index contributed by atoms with van der Waals surface area (Å²) >= 11 is 0. The van der Waals surface area contributed by atoms with Gasteiger partial charge in [0.25, 0.3) is 0 Å². The Bertz CT molecular complexity index is 699. The highest BCUT2D eigenvalue weighted by atomic mass is 28.4. The van der Waals surface area contributed by atoms with Crippen molar-refractivity contribution in [2.75, 3.05) is 6.61 Å². The van der Waals surface area contributed by atoms with Gasteiger partial charge in [-0.15, -0.1) is 0 Å².